The van der Waals surface area contributed by atoms with E-state index in [1.54, 1.807) is 6.20 Å². The van der Waals surface area contributed by atoms with Crippen LogP contribution in [0.1, 0.15) is 5.56 Å². The third-order valence-corrected chi connectivity index (χ3v) is 4.72. The lowest BCUT2D eigenvalue weighted by molar-refractivity contribution is -0.139. The molecular formula is C13H19N3O4S. The Hall–Kier alpha value is -1.67. The molecule has 1 aliphatic heterocycles. The summed E-state index contributed by atoms with van der Waals surface area (Å²) in [7, 11) is -1.77. The Labute approximate surface area is 124 Å². The van der Waals surface area contributed by atoms with Crippen LogP contribution in [-0.2, 0) is 26.0 Å². The van der Waals surface area contributed by atoms with E-state index < -0.39 is 10.0 Å². The molecule has 1 aromatic rings. The lowest BCUT2D eigenvalue weighted by Gasteiger charge is -2.33. The van der Waals surface area contributed by atoms with Crippen LogP contribution in [0.25, 0.3) is 0 Å². The molecule has 1 aliphatic rings. The fraction of sp³-hybridized carbons (Fsp3) is 0.538. The van der Waals surface area contributed by atoms with E-state index in [4.69, 9.17) is 0 Å². The average molecular weight is 313 g/mol. The third kappa shape index (κ3) is 4.15. The molecule has 0 atom stereocenters. The van der Waals surface area contributed by atoms with Gasteiger partial charge < -0.3 is 9.64 Å². The number of methoxy groups -OCH3 is 1. The summed E-state index contributed by atoms with van der Waals surface area (Å²) >= 11 is 0. The second-order valence-corrected chi connectivity index (χ2v) is 6.91. The number of esters is 1. The Morgan fingerprint density at radius 2 is 1.95 bits per heavy atom. The number of hydrogen-bond donors (Lipinski definition) is 0. The molecule has 0 N–H and O–H groups in total. The first kappa shape index (κ1) is 15.7. The summed E-state index contributed by atoms with van der Waals surface area (Å²) in [4.78, 5) is 17.5. The van der Waals surface area contributed by atoms with Gasteiger partial charge in [0.1, 0.15) is 5.82 Å². The summed E-state index contributed by atoms with van der Waals surface area (Å²) in [5.74, 6) is 0.489. The fourth-order valence-corrected chi connectivity index (χ4v) is 3.02. The topological polar surface area (TPSA) is 79.8 Å². The zero-order chi connectivity index (χ0) is 15.5. The molecule has 7 nitrogen and oxygen atoms in total. The molecule has 1 saturated heterocycles. The minimum Gasteiger partial charge on any atom is -0.469 e. The van der Waals surface area contributed by atoms with Crippen LogP contribution in [0.15, 0.2) is 18.3 Å². The van der Waals surface area contributed by atoms with Crippen LogP contribution in [0.5, 0.6) is 0 Å². The lowest BCUT2D eigenvalue weighted by atomic mass is 10.2. The summed E-state index contributed by atoms with van der Waals surface area (Å²) in [6.45, 7) is 2.14. The number of hydrogen-bond acceptors (Lipinski definition) is 6. The Morgan fingerprint density at radius 1 is 1.29 bits per heavy atom. The first-order valence-electron chi connectivity index (χ1n) is 6.62. The second kappa shape index (κ2) is 6.40. The highest BCUT2D eigenvalue weighted by Gasteiger charge is 2.23. The second-order valence-electron chi connectivity index (χ2n) is 4.93. The summed E-state index contributed by atoms with van der Waals surface area (Å²) in [6.07, 6.45) is 3.07. The molecule has 0 saturated carbocycles. The monoisotopic (exact) mass is 313 g/mol. The van der Waals surface area contributed by atoms with Gasteiger partial charge in [-0.15, -0.1) is 0 Å². The molecule has 0 spiro atoms. The van der Waals surface area contributed by atoms with Crippen LogP contribution in [0.4, 0.5) is 5.82 Å². The number of rotatable bonds is 4. The van der Waals surface area contributed by atoms with Crippen LogP contribution in [0, 0.1) is 0 Å². The quantitative estimate of drug-likeness (QED) is 0.721. The molecule has 8 heteroatoms. The van der Waals surface area contributed by atoms with Gasteiger partial charge in [0.15, 0.2) is 0 Å². The van der Waals surface area contributed by atoms with Crippen molar-refractivity contribution in [2.45, 2.75) is 6.42 Å². The highest BCUT2D eigenvalue weighted by Crippen LogP contribution is 2.15. The minimum atomic E-state index is -3.12. The molecule has 0 unspecified atom stereocenters. The van der Waals surface area contributed by atoms with Crippen LogP contribution in [-0.4, -0.2) is 63.2 Å². The standard InChI is InChI=1S/C13H19N3O4S/c1-20-13(17)9-11-3-4-12(14-10-11)15-5-7-16(8-6-15)21(2,18)19/h3-4,10H,5-9H2,1-2H3. The Kier molecular flexibility index (Phi) is 4.79. The first-order valence-corrected chi connectivity index (χ1v) is 8.47. The van der Waals surface area contributed by atoms with E-state index in [1.807, 2.05) is 17.0 Å². The number of piperazine rings is 1. The molecule has 21 heavy (non-hydrogen) atoms. The van der Waals surface area contributed by atoms with Gasteiger partial charge in [0.25, 0.3) is 0 Å². The van der Waals surface area contributed by atoms with E-state index in [0.717, 1.165) is 11.4 Å². The number of aromatic nitrogens is 1. The minimum absolute atomic E-state index is 0.200. The average Bonchev–Trinajstić information content (AvgIpc) is 2.47. The number of pyridine rings is 1. The zero-order valence-electron chi connectivity index (χ0n) is 12.2. The van der Waals surface area contributed by atoms with E-state index >= 15 is 0 Å². The third-order valence-electron chi connectivity index (χ3n) is 3.42. The zero-order valence-corrected chi connectivity index (χ0v) is 13.0. The van der Waals surface area contributed by atoms with Crippen LogP contribution >= 0.6 is 0 Å². The summed E-state index contributed by atoms with van der Waals surface area (Å²) < 4.78 is 29.0. The largest absolute Gasteiger partial charge is 0.469 e. The van der Waals surface area contributed by atoms with E-state index in [0.29, 0.717) is 26.2 Å². The number of carbonyl (C=O) groups excluding carboxylic acids is 1. The van der Waals surface area contributed by atoms with Crippen molar-refractivity contribution in [2.24, 2.45) is 0 Å². The van der Waals surface area contributed by atoms with Gasteiger partial charge in [-0.3, -0.25) is 4.79 Å². The molecule has 0 radical (unpaired) electrons. The number of carbonyl (C=O) groups is 1. The molecule has 116 valence electrons. The molecule has 0 aromatic carbocycles. The fourth-order valence-electron chi connectivity index (χ4n) is 2.20. The maximum absolute atomic E-state index is 11.5. The molecule has 2 rings (SSSR count). The first-order chi connectivity index (χ1) is 9.90. The van der Waals surface area contributed by atoms with E-state index in [1.165, 1.54) is 17.7 Å². The predicted molar refractivity (Wildman–Crippen MR) is 78.6 cm³/mol. The van der Waals surface area contributed by atoms with Gasteiger partial charge in [-0.2, -0.15) is 4.31 Å². The highest BCUT2D eigenvalue weighted by atomic mass is 32.2. The Bertz CT molecular complexity index is 592. The maximum atomic E-state index is 11.5. The van der Waals surface area contributed by atoms with Crippen LogP contribution < -0.4 is 4.90 Å². The van der Waals surface area contributed by atoms with Crippen LogP contribution in [0.2, 0.25) is 0 Å². The molecule has 2 heterocycles. The number of ether oxygens (including phenoxy) is 1. The SMILES string of the molecule is COC(=O)Cc1ccc(N2CCN(S(C)(=O)=O)CC2)nc1. The van der Waals surface area contributed by atoms with Crippen molar-refractivity contribution in [3.05, 3.63) is 23.9 Å². The van der Waals surface area contributed by atoms with Crippen molar-refractivity contribution in [2.75, 3.05) is 44.4 Å². The molecule has 0 aliphatic carbocycles. The van der Waals surface area contributed by atoms with E-state index in [-0.39, 0.29) is 12.4 Å². The van der Waals surface area contributed by atoms with Gasteiger partial charge >= 0.3 is 5.97 Å². The predicted octanol–water partition coefficient (Wildman–Crippen LogP) is -0.121. The van der Waals surface area contributed by atoms with Gasteiger partial charge in [0, 0.05) is 32.4 Å². The molecule has 0 amide bonds. The Balaban J connectivity index is 1.96. The lowest BCUT2D eigenvalue weighted by Crippen LogP contribution is -2.48. The molecular weight excluding hydrogens is 294 g/mol. The van der Waals surface area contributed by atoms with Gasteiger partial charge in [-0.25, -0.2) is 13.4 Å². The van der Waals surface area contributed by atoms with E-state index in [2.05, 4.69) is 9.72 Å². The van der Waals surface area contributed by atoms with Gasteiger partial charge in [-0.1, -0.05) is 6.07 Å². The van der Waals surface area contributed by atoms with E-state index in [9.17, 15) is 13.2 Å². The van der Waals surface area contributed by atoms with Gasteiger partial charge in [0.05, 0.1) is 19.8 Å². The summed E-state index contributed by atoms with van der Waals surface area (Å²) in [5.41, 5.74) is 0.792. The number of anilines is 1. The van der Waals surface area contributed by atoms with Crippen molar-refractivity contribution in [1.29, 1.82) is 0 Å². The van der Waals surface area contributed by atoms with Crippen LogP contribution in [0.3, 0.4) is 0 Å². The molecule has 0 bridgehead atoms. The summed E-state index contributed by atoms with van der Waals surface area (Å²) in [6, 6.07) is 3.68. The normalized spacial score (nSPS) is 16.8. The van der Waals surface area contributed by atoms with Crippen molar-refractivity contribution >= 4 is 21.8 Å². The smallest absolute Gasteiger partial charge is 0.310 e. The van der Waals surface area contributed by atoms with Crippen molar-refractivity contribution in [3.63, 3.8) is 0 Å². The number of sulfonamides is 1. The molecule has 1 fully saturated rings. The van der Waals surface area contributed by atoms with Gasteiger partial charge in [-0.05, 0) is 11.6 Å². The van der Waals surface area contributed by atoms with Crippen molar-refractivity contribution in [3.8, 4) is 0 Å². The number of nitrogens with zero attached hydrogens (tertiary/aromatic N) is 3. The van der Waals surface area contributed by atoms with Crippen molar-refractivity contribution in [1.82, 2.24) is 9.29 Å². The van der Waals surface area contributed by atoms with Crippen molar-refractivity contribution < 1.29 is 17.9 Å². The maximum Gasteiger partial charge on any atom is 0.310 e. The summed E-state index contributed by atoms with van der Waals surface area (Å²) in [5, 5.41) is 0. The Morgan fingerprint density at radius 3 is 2.43 bits per heavy atom. The molecule has 1 aromatic heterocycles. The highest BCUT2D eigenvalue weighted by molar-refractivity contribution is 7.88. The van der Waals surface area contributed by atoms with Gasteiger partial charge in [0.2, 0.25) is 10.0 Å².